The second kappa shape index (κ2) is 12.6. The number of hydrogen-bond donors (Lipinski definition) is 0. The van der Waals surface area contributed by atoms with Crippen LogP contribution in [-0.2, 0) is 16.0 Å². The average molecular weight is 663 g/mol. The first-order valence-electron chi connectivity index (χ1n) is 18.4. The van der Waals surface area contributed by atoms with E-state index in [9.17, 15) is 0 Å². The summed E-state index contributed by atoms with van der Waals surface area (Å²) >= 11 is 0. The number of nitrogens with zero attached hydrogens (tertiary/aromatic N) is 4. The molecule has 1 saturated carbocycles. The number of benzene rings is 2. The lowest BCUT2D eigenvalue weighted by molar-refractivity contribution is -0.0993. The Morgan fingerprint density at radius 3 is 2.35 bits per heavy atom. The van der Waals surface area contributed by atoms with Crippen molar-refractivity contribution < 1.29 is 18.9 Å². The van der Waals surface area contributed by atoms with E-state index < -0.39 is 0 Å². The van der Waals surface area contributed by atoms with Gasteiger partial charge in [0.25, 0.3) is 0 Å². The molecule has 0 spiro atoms. The first-order valence-corrected chi connectivity index (χ1v) is 18.4. The van der Waals surface area contributed by atoms with E-state index in [0.717, 1.165) is 87.0 Å². The van der Waals surface area contributed by atoms with E-state index in [0.29, 0.717) is 20.2 Å². The maximum atomic E-state index is 6.58. The van der Waals surface area contributed by atoms with Crippen molar-refractivity contribution in [2.75, 3.05) is 58.0 Å². The van der Waals surface area contributed by atoms with Crippen LogP contribution in [0.1, 0.15) is 57.9 Å². The molecule has 3 fully saturated rings. The molecule has 8 nitrogen and oxygen atoms in total. The van der Waals surface area contributed by atoms with Crippen molar-refractivity contribution in [3.8, 4) is 11.5 Å². The minimum absolute atomic E-state index is 0.153. The molecule has 2 aromatic carbocycles. The first-order chi connectivity index (χ1) is 23.9. The number of anilines is 2. The van der Waals surface area contributed by atoms with Gasteiger partial charge in [0.15, 0.2) is 6.73 Å². The summed E-state index contributed by atoms with van der Waals surface area (Å²) in [6.45, 7) is 12.2. The Morgan fingerprint density at radius 1 is 0.735 bits per heavy atom. The van der Waals surface area contributed by atoms with Crippen LogP contribution in [0.4, 0.5) is 11.4 Å². The molecule has 4 heterocycles. The molecule has 3 aliphatic carbocycles. The van der Waals surface area contributed by atoms with E-state index in [-0.39, 0.29) is 11.2 Å². The molecule has 8 heteroatoms. The Balaban J connectivity index is 0.772. The molecule has 2 aromatic rings. The van der Waals surface area contributed by atoms with Crippen LogP contribution in [0.5, 0.6) is 11.5 Å². The van der Waals surface area contributed by atoms with Gasteiger partial charge in [-0.1, -0.05) is 36.4 Å². The van der Waals surface area contributed by atoms with Crippen LogP contribution in [-0.4, -0.2) is 79.0 Å². The van der Waals surface area contributed by atoms with Gasteiger partial charge in [-0.05, 0) is 105 Å². The second-order valence-corrected chi connectivity index (χ2v) is 15.7. The third-order valence-electron chi connectivity index (χ3n) is 12.2. The summed E-state index contributed by atoms with van der Waals surface area (Å²) in [5, 5.41) is 0. The van der Waals surface area contributed by atoms with Crippen LogP contribution in [0.3, 0.4) is 0 Å². The van der Waals surface area contributed by atoms with Crippen LogP contribution in [0.25, 0.3) is 0 Å². The first kappa shape index (κ1) is 31.4. The number of hydrogen-bond acceptors (Lipinski definition) is 8. The van der Waals surface area contributed by atoms with Crippen molar-refractivity contribution in [3.63, 3.8) is 0 Å². The van der Waals surface area contributed by atoms with Crippen molar-refractivity contribution in [1.82, 2.24) is 14.7 Å². The number of para-hydroxylation sites is 2. The fourth-order valence-electron chi connectivity index (χ4n) is 8.95. The zero-order valence-electron chi connectivity index (χ0n) is 29.1. The molecule has 49 heavy (non-hydrogen) atoms. The zero-order valence-corrected chi connectivity index (χ0v) is 29.1. The molecule has 2 unspecified atom stereocenters. The highest BCUT2D eigenvalue weighted by atomic mass is 16.5. The van der Waals surface area contributed by atoms with E-state index in [2.05, 4.69) is 94.2 Å². The number of ether oxygens (including phenoxy) is 4. The molecule has 4 aliphatic heterocycles. The van der Waals surface area contributed by atoms with Gasteiger partial charge in [0.1, 0.15) is 31.7 Å². The molecule has 7 aliphatic rings. The summed E-state index contributed by atoms with van der Waals surface area (Å²) in [5.74, 6) is 3.42. The quantitative estimate of drug-likeness (QED) is 0.319. The predicted molar refractivity (Wildman–Crippen MR) is 191 cm³/mol. The van der Waals surface area contributed by atoms with Crippen molar-refractivity contribution in [2.24, 2.45) is 11.8 Å². The molecular formula is C41H50N4O4. The van der Waals surface area contributed by atoms with Gasteiger partial charge in [-0.3, -0.25) is 9.80 Å². The fourth-order valence-corrected chi connectivity index (χ4v) is 8.95. The van der Waals surface area contributed by atoms with Crippen LogP contribution in [0.2, 0.25) is 0 Å². The molecule has 2 atom stereocenters. The summed E-state index contributed by atoms with van der Waals surface area (Å²) in [6, 6.07) is 14.8. The summed E-state index contributed by atoms with van der Waals surface area (Å²) in [5.41, 5.74) is 7.28. The Labute approximate surface area is 291 Å². The van der Waals surface area contributed by atoms with Crippen molar-refractivity contribution >= 4 is 11.4 Å². The zero-order chi connectivity index (χ0) is 33.0. The lowest BCUT2D eigenvalue weighted by Crippen LogP contribution is -2.50. The van der Waals surface area contributed by atoms with Gasteiger partial charge in [-0.25, -0.2) is 0 Å². The summed E-state index contributed by atoms with van der Waals surface area (Å²) in [6.07, 6.45) is 18.4. The van der Waals surface area contributed by atoms with E-state index in [1.807, 2.05) is 12.1 Å². The summed E-state index contributed by atoms with van der Waals surface area (Å²) < 4.78 is 25.1. The van der Waals surface area contributed by atoms with Gasteiger partial charge >= 0.3 is 0 Å². The van der Waals surface area contributed by atoms with Gasteiger partial charge in [-0.15, -0.1) is 0 Å². The summed E-state index contributed by atoms with van der Waals surface area (Å²) in [4.78, 5) is 9.69. The van der Waals surface area contributed by atoms with Crippen molar-refractivity contribution in [1.29, 1.82) is 0 Å². The van der Waals surface area contributed by atoms with Gasteiger partial charge in [0.05, 0.1) is 16.9 Å². The maximum absolute atomic E-state index is 6.58. The van der Waals surface area contributed by atoms with Gasteiger partial charge in [-0.2, -0.15) is 0 Å². The molecule has 258 valence electrons. The molecule has 0 bridgehead atoms. The van der Waals surface area contributed by atoms with E-state index >= 15 is 0 Å². The highest BCUT2D eigenvalue weighted by molar-refractivity contribution is 5.72. The molecule has 9 rings (SSSR count). The second-order valence-electron chi connectivity index (χ2n) is 15.7. The topological polar surface area (TPSA) is 49.9 Å². The van der Waals surface area contributed by atoms with Crippen molar-refractivity contribution in [2.45, 2.75) is 70.1 Å². The normalized spacial score (nSPS) is 31.3. The van der Waals surface area contributed by atoms with E-state index in [1.54, 1.807) is 0 Å². The Bertz CT molecular complexity index is 1710. The minimum Gasteiger partial charge on any atom is -0.478 e. The third-order valence-corrected chi connectivity index (χ3v) is 12.2. The highest BCUT2D eigenvalue weighted by Gasteiger charge is 2.41. The number of allylic oxidation sites excluding steroid dienone is 3. The predicted octanol–water partition coefficient (Wildman–Crippen LogP) is 7.33. The van der Waals surface area contributed by atoms with Crippen LogP contribution in [0, 0.1) is 11.8 Å². The van der Waals surface area contributed by atoms with Gasteiger partial charge in [0, 0.05) is 56.1 Å². The van der Waals surface area contributed by atoms with Crippen LogP contribution < -0.4 is 14.4 Å². The maximum Gasteiger partial charge on any atom is 0.165 e. The number of rotatable bonds is 6. The molecule has 0 N–H and O–H groups in total. The summed E-state index contributed by atoms with van der Waals surface area (Å²) in [7, 11) is 0. The van der Waals surface area contributed by atoms with Gasteiger partial charge in [0.2, 0.25) is 0 Å². The highest BCUT2D eigenvalue weighted by Crippen LogP contribution is 2.42. The lowest BCUT2D eigenvalue weighted by Gasteiger charge is -2.47. The lowest BCUT2D eigenvalue weighted by atomic mass is 9.81. The minimum atomic E-state index is -0.196. The SMILES string of the molecule is CC12CC=C(N3COC4(C)CC=CC=C4C3)C=C1CN(CC1CCC(CN3COc4ccc(N5COc6ccccc65)cc4C3)CC1)CO2. The molecular weight excluding hydrogens is 612 g/mol. The van der Waals surface area contributed by atoms with Crippen LogP contribution in [0.15, 0.2) is 89.7 Å². The Morgan fingerprint density at radius 2 is 1.49 bits per heavy atom. The number of fused-ring (bicyclic) bond motifs is 4. The average Bonchev–Trinajstić information content (AvgIpc) is 3.56. The molecule has 0 aromatic heterocycles. The monoisotopic (exact) mass is 662 g/mol. The Kier molecular flexibility index (Phi) is 8.11. The third kappa shape index (κ3) is 6.11. The largest absolute Gasteiger partial charge is 0.478 e. The standard InChI is InChI=1S/C41H50N4O4/c1-40-17-6-5-7-33(40)25-44(28-49-40)35-16-18-41(2)34(20-35)24-43(27-48-41)22-31-12-10-30(11-13-31)21-42-23-32-19-36(14-15-38(32)46-26-42)45-29-47-39-9-4-3-8-37(39)45/h3-9,14-16,19-20,30-31H,10-13,17-18,21-29H2,1-2H3. The Hall–Kier alpha value is -3.56. The van der Waals surface area contributed by atoms with E-state index in [1.165, 1.54) is 48.1 Å². The fraction of sp³-hybridized carbons (Fsp3) is 0.512. The molecule has 0 amide bonds. The molecule has 2 saturated heterocycles. The van der Waals surface area contributed by atoms with Gasteiger partial charge < -0.3 is 28.7 Å². The van der Waals surface area contributed by atoms with Crippen molar-refractivity contribution in [3.05, 3.63) is 95.3 Å². The van der Waals surface area contributed by atoms with Crippen LogP contribution >= 0.6 is 0 Å². The van der Waals surface area contributed by atoms with E-state index in [4.69, 9.17) is 18.9 Å². The molecule has 0 radical (unpaired) electrons. The smallest absolute Gasteiger partial charge is 0.165 e.